The van der Waals surface area contributed by atoms with Crippen molar-refractivity contribution >= 4 is 34.1 Å². The molecule has 6 rings (SSSR count). The average Bonchev–Trinajstić information content (AvgIpc) is 3.16. The summed E-state index contributed by atoms with van der Waals surface area (Å²) in [6.07, 6.45) is 6.02. The normalized spacial score (nSPS) is 11.7. The molecule has 0 N–H and O–H groups in total. The third-order valence-corrected chi connectivity index (χ3v) is 10.5. The Balaban J connectivity index is 1.27. The summed E-state index contributed by atoms with van der Waals surface area (Å²) in [5.41, 5.74) is 12.4. The molecule has 2 heteroatoms. The lowest BCUT2D eigenvalue weighted by atomic mass is 9.80. The second kappa shape index (κ2) is 15.9. The number of hydrogen-bond donors (Lipinski definition) is 0. The molecule has 0 saturated heterocycles. The molecule has 0 radical (unpaired) electrons. The molecule has 0 aliphatic rings. The zero-order valence-electron chi connectivity index (χ0n) is 31.4. The van der Waals surface area contributed by atoms with E-state index < -0.39 is 0 Å². The second-order valence-electron chi connectivity index (χ2n) is 15.2. The van der Waals surface area contributed by atoms with E-state index in [1.807, 2.05) is 0 Å². The highest BCUT2D eigenvalue weighted by molar-refractivity contribution is 5.80. The summed E-state index contributed by atoms with van der Waals surface area (Å²) < 4.78 is 0. The Kier molecular flexibility index (Phi) is 11.1. The maximum atomic E-state index is 2.36. The third kappa shape index (κ3) is 8.29. The van der Waals surface area contributed by atoms with Crippen LogP contribution in [0.15, 0.2) is 158 Å². The molecule has 260 valence electrons. The third-order valence-electron chi connectivity index (χ3n) is 10.5. The van der Waals surface area contributed by atoms with Gasteiger partial charge in [0.05, 0.1) is 0 Å². The molecule has 6 aromatic rings. The lowest BCUT2D eigenvalue weighted by molar-refractivity contribution is 0.458. The fraction of sp³-hybridized carbons (Fsp3) is 0.265. The number of hydrogen-bond acceptors (Lipinski definition) is 2. The quantitative estimate of drug-likeness (QED) is 0.114. The highest BCUT2D eigenvalue weighted by Gasteiger charge is 2.22. The molecule has 0 atom stereocenters. The lowest BCUT2D eigenvalue weighted by Crippen LogP contribution is -2.17. The zero-order chi connectivity index (χ0) is 35.8. The fourth-order valence-corrected chi connectivity index (χ4v) is 7.31. The first-order valence-electron chi connectivity index (χ1n) is 18.8. The van der Waals surface area contributed by atoms with Gasteiger partial charge in [0.2, 0.25) is 0 Å². The van der Waals surface area contributed by atoms with Gasteiger partial charge >= 0.3 is 0 Å². The van der Waals surface area contributed by atoms with Gasteiger partial charge in [0.15, 0.2) is 0 Å². The molecule has 0 aromatic heterocycles. The predicted molar refractivity (Wildman–Crippen MR) is 222 cm³/mol. The van der Waals surface area contributed by atoms with Crippen molar-refractivity contribution in [1.29, 1.82) is 0 Å². The van der Waals surface area contributed by atoms with E-state index in [9.17, 15) is 0 Å². The molecule has 0 amide bonds. The Morgan fingerprint density at radius 1 is 0.353 bits per heavy atom. The average molecular weight is 671 g/mol. The summed E-state index contributed by atoms with van der Waals surface area (Å²) in [6, 6.07) is 57.6. The van der Waals surface area contributed by atoms with Gasteiger partial charge in [-0.15, -0.1) is 0 Å². The molecule has 0 fully saturated rings. The van der Waals surface area contributed by atoms with Gasteiger partial charge < -0.3 is 9.80 Å². The number of benzene rings is 6. The highest BCUT2D eigenvalue weighted by Crippen LogP contribution is 2.40. The number of unbranched alkanes of at least 4 members (excludes halogenated alkanes) is 1. The van der Waals surface area contributed by atoms with Crippen LogP contribution in [0, 0.1) is 0 Å². The minimum atomic E-state index is 0.163. The van der Waals surface area contributed by atoms with Gasteiger partial charge in [0.25, 0.3) is 0 Å². The Labute approximate surface area is 307 Å². The van der Waals surface area contributed by atoms with Crippen LogP contribution in [0.2, 0.25) is 0 Å². The standard InChI is InChI=1S/C49H54N2/c1-7-9-37-49(5,6)41-26-34-47(35-27-41)51(43-18-14-11-15-19-43)45-30-22-39(23-31-45)38-20-28-44(29-21-38)50(42-16-12-10-13-17-42)46-32-24-40(25-33-46)48(3,4)36-8-2/h10-35H,7-9,36-37H2,1-6H3. The molecule has 0 saturated carbocycles. The van der Waals surface area contributed by atoms with Crippen LogP contribution in [0.4, 0.5) is 34.1 Å². The van der Waals surface area contributed by atoms with Crippen LogP contribution in [-0.2, 0) is 10.8 Å². The van der Waals surface area contributed by atoms with Crippen LogP contribution in [0.5, 0.6) is 0 Å². The minimum Gasteiger partial charge on any atom is -0.311 e. The number of nitrogens with zero attached hydrogens (tertiary/aromatic N) is 2. The van der Waals surface area contributed by atoms with Crippen LogP contribution in [0.3, 0.4) is 0 Å². The van der Waals surface area contributed by atoms with E-state index in [1.165, 1.54) is 54.4 Å². The van der Waals surface area contributed by atoms with Gasteiger partial charge in [-0.05, 0) is 119 Å². The lowest BCUT2D eigenvalue weighted by Gasteiger charge is -2.29. The van der Waals surface area contributed by atoms with Crippen molar-refractivity contribution in [3.63, 3.8) is 0 Å². The van der Waals surface area contributed by atoms with Gasteiger partial charge in [-0.3, -0.25) is 0 Å². The van der Waals surface area contributed by atoms with Gasteiger partial charge in [-0.1, -0.05) is 146 Å². The van der Waals surface area contributed by atoms with Gasteiger partial charge in [-0.2, -0.15) is 0 Å². The van der Waals surface area contributed by atoms with E-state index in [2.05, 4.69) is 209 Å². The number of anilines is 6. The Hall–Kier alpha value is -5.08. The minimum absolute atomic E-state index is 0.163. The predicted octanol–water partition coefficient (Wildman–Crippen LogP) is 14.8. The molecule has 0 aliphatic heterocycles. The molecule has 0 heterocycles. The fourth-order valence-electron chi connectivity index (χ4n) is 7.31. The topological polar surface area (TPSA) is 6.48 Å². The molecule has 0 unspecified atom stereocenters. The summed E-state index contributed by atoms with van der Waals surface area (Å²) in [6.45, 7) is 14.0. The molecule has 2 nitrogen and oxygen atoms in total. The Bertz CT molecular complexity index is 1940. The van der Waals surface area contributed by atoms with Gasteiger partial charge in [-0.25, -0.2) is 0 Å². The first-order valence-corrected chi connectivity index (χ1v) is 18.8. The van der Waals surface area contributed by atoms with E-state index in [0.29, 0.717) is 0 Å². The molecule has 51 heavy (non-hydrogen) atoms. The van der Waals surface area contributed by atoms with Crippen molar-refractivity contribution in [3.05, 3.63) is 169 Å². The SMILES string of the molecule is CCCCC(C)(C)c1ccc(N(c2ccccc2)c2ccc(-c3ccc(N(c4ccccc4)c4ccc(C(C)(C)CCC)cc4)cc3)cc2)cc1. The molecule has 0 spiro atoms. The molecule has 0 aliphatic carbocycles. The van der Waals surface area contributed by atoms with Crippen LogP contribution in [-0.4, -0.2) is 0 Å². The Morgan fingerprint density at radius 2 is 0.667 bits per heavy atom. The van der Waals surface area contributed by atoms with E-state index in [4.69, 9.17) is 0 Å². The molecule has 6 aromatic carbocycles. The van der Waals surface area contributed by atoms with Gasteiger partial charge in [0, 0.05) is 34.1 Å². The highest BCUT2D eigenvalue weighted by atomic mass is 15.1. The summed E-state index contributed by atoms with van der Waals surface area (Å²) >= 11 is 0. The van der Waals surface area contributed by atoms with Crippen molar-refractivity contribution in [3.8, 4) is 11.1 Å². The smallest absolute Gasteiger partial charge is 0.0462 e. The maximum Gasteiger partial charge on any atom is 0.0462 e. The van der Waals surface area contributed by atoms with Crippen LogP contribution >= 0.6 is 0 Å². The maximum absolute atomic E-state index is 2.36. The van der Waals surface area contributed by atoms with Crippen LogP contribution < -0.4 is 9.80 Å². The largest absolute Gasteiger partial charge is 0.311 e. The number of para-hydroxylation sites is 2. The monoisotopic (exact) mass is 670 g/mol. The van der Waals surface area contributed by atoms with Crippen LogP contribution in [0.1, 0.15) is 84.8 Å². The van der Waals surface area contributed by atoms with E-state index in [-0.39, 0.29) is 10.8 Å². The van der Waals surface area contributed by atoms with E-state index in [0.717, 1.165) is 34.1 Å². The first kappa shape index (κ1) is 35.7. The number of rotatable bonds is 14. The van der Waals surface area contributed by atoms with Crippen molar-refractivity contribution < 1.29 is 0 Å². The summed E-state index contributed by atoms with van der Waals surface area (Å²) in [7, 11) is 0. The first-order chi connectivity index (χ1) is 24.7. The second-order valence-corrected chi connectivity index (χ2v) is 15.2. The van der Waals surface area contributed by atoms with Gasteiger partial charge in [0.1, 0.15) is 0 Å². The van der Waals surface area contributed by atoms with Crippen molar-refractivity contribution in [2.75, 3.05) is 9.80 Å². The Morgan fingerprint density at radius 3 is 1.00 bits per heavy atom. The summed E-state index contributed by atoms with van der Waals surface area (Å²) in [4.78, 5) is 4.69. The zero-order valence-corrected chi connectivity index (χ0v) is 31.4. The summed E-state index contributed by atoms with van der Waals surface area (Å²) in [5.74, 6) is 0. The van der Waals surface area contributed by atoms with Crippen molar-refractivity contribution in [2.24, 2.45) is 0 Å². The molecular weight excluding hydrogens is 617 g/mol. The molecular formula is C49H54N2. The van der Waals surface area contributed by atoms with Crippen LogP contribution in [0.25, 0.3) is 11.1 Å². The van der Waals surface area contributed by atoms with E-state index >= 15 is 0 Å². The molecule has 0 bridgehead atoms. The van der Waals surface area contributed by atoms with Crippen molar-refractivity contribution in [1.82, 2.24) is 0 Å². The van der Waals surface area contributed by atoms with Crippen molar-refractivity contribution in [2.45, 2.75) is 84.5 Å². The summed E-state index contributed by atoms with van der Waals surface area (Å²) in [5, 5.41) is 0. The van der Waals surface area contributed by atoms with E-state index in [1.54, 1.807) is 0 Å².